The van der Waals surface area contributed by atoms with Crippen molar-refractivity contribution in [2.24, 2.45) is 5.73 Å². The van der Waals surface area contributed by atoms with Gasteiger partial charge in [0.05, 0.1) is 5.25 Å². The molecule has 1 aliphatic rings. The van der Waals surface area contributed by atoms with Crippen LogP contribution in [0.3, 0.4) is 0 Å². The first kappa shape index (κ1) is 15.9. The molecule has 0 aromatic heterocycles. The van der Waals surface area contributed by atoms with Crippen LogP contribution >= 0.6 is 11.8 Å². The molecular formula is C16H22N2O2S. The van der Waals surface area contributed by atoms with Crippen molar-refractivity contribution < 1.29 is 9.59 Å². The number of carbonyl (C=O) groups is 2. The van der Waals surface area contributed by atoms with Crippen molar-refractivity contribution in [2.75, 3.05) is 0 Å². The van der Waals surface area contributed by atoms with E-state index >= 15 is 0 Å². The van der Waals surface area contributed by atoms with Gasteiger partial charge >= 0.3 is 0 Å². The molecule has 114 valence electrons. The van der Waals surface area contributed by atoms with Crippen molar-refractivity contribution in [1.29, 1.82) is 0 Å². The summed E-state index contributed by atoms with van der Waals surface area (Å²) in [6, 6.07) is 7.61. The quantitative estimate of drug-likeness (QED) is 0.848. The zero-order valence-corrected chi connectivity index (χ0v) is 13.1. The van der Waals surface area contributed by atoms with Gasteiger partial charge in [0.15, 0.2) is 0 Å². The minimum Gasteiger partial charge on any atom is -0.366 e. The molecule has 1 atom stereocenters. The number of carbonyl (C=O) groups excluding carboxylic acids is 2. The van der Waals surface area contributed by atoms with Crippen LogP contribution in [0.4, 0.5) is 0 Å². The molecule has 1 unspecified atom stereocenters. The molecule has 0 heterocycles. The monoisotopic (exact) mass is 306 g/mol. The molecule has 3 N–H and O–H groups in total. The second-order valence-electron chi connectivity index (χ2n) is 5.51. The van der Waals surface area contributed by atoms with E-state index in [9.17, 15) is 9.59 Å². The fraction of sp³-hybridized carbons (Fsp3) is 0.500. The highest BCUT2D eigenvalue weighted by Crippen LogP contribution is 2.21. The van der Waals surface area contributed by atoms with E-state index in [1.54, 1.807) is 23.9 Å². The SMILES string of the molecule is CC(SCc1cccc(C(N)=O)c1)C(=O)NC1CCCC1. The zero-order chi connectivity index (χ0) is 15.2. The topological polar surface area (TPSA) is 72.2 Å². The fourth-order valence-corrected chi connectivity index (χ4v) is 3.34. The van der Waals surface area contributed by atoms with Gasteiger partial charge in [0.2, 0.25) is 11.8 Å². The summed E-state index contributed by atoms with van der Waals surface area (Å²) in [5.41, 5.74) is 6.79. The summed E-state index contributed by atoms with van der Waals surface area (Å²) in [4.78, 5) is 23.2. The van der Waals surface area contributed by atoms with E-state index in [0.717, 1.165) is 18.4 Å². The fourth-order valence-electron chi connectivity index (χ4n) is 2.50. The summed E-state index contributed by atoms with van der Waals surface area (Å²) >= 11 is 1.58. The van der Waals surface area contributed by atoms with Crippen LogP contribution in [0, 0.1) is 0 Å². The number of benzene rings is 1. The van der Waals surface area contributed by atoms with Crippen LogP contribution in [0.25, 0.3) is 0 Å². The molecule has 0 bridgehead atoms. The molecule has 1 aromatic carbocycles. The number of amides is 2. The van der Waals surface area contributed by atoms with Gasteiger partial charge in [-0.05, 0) is 37.5 Å². The van der Waals surface area contributed by atoms with Gasteiger partial charge in [0.1, 0.15) is 0 Å². The van der Waals surface area contributed by atoms with E-state index in [2.05, 4.69) is 5.32 Å². The lowest BCUT2D eigenvalue weighted by atomic mass is 10.1. The average molecular weight is 306 g/mol. The maximum atomic E-state index is 12.1. The van der Waals surface area contributed by atoms with Crippen molar-refractivity contribution in [3.63, 3.8) is 0 Å². The molecule has 1 aromatic rings. The number of hydrogen-bond acceptors (Lipinski definition) is 3. The van der Waals surface area contributed by atoms with Crippen molar-refractivity contribution in [3.05, 3.63) is 35.4 Å². The standard InChI is InChI=1S/C16H22N2O2S/c1-11(16(20)18-14-7-2-3-8-14)21-10-12-5-4-6-13(9-12)15(17)19/h4-6,9,11,14H,2-3,7-8,10H2,1H3,(H2,17,19)(H,18,20). The second-order valence-corrected chi connectivity index (χ2v) is 6.84. The summed E-state index contributed by atoms with van der Waals surface area (Å²) in [7, 11) is 0. The Morgan fingerprint density at radius 3 is 2.76 bits per heavy atom. The van der Waals surface area contributed by atoms with E-state index in [0.29, 0.717) is 17.4 Å². The maximum absolute atomic E-state index is 12.1. The van der Waals surface area contributed by atoms with Crippen molar-refractivity contribution in [1.82, 2.24) is 5.32 Å². The summed E-state index contributed by atoms with van der Waals surface area (Å²) in [6.45, 7) is 1.92. The molecule has 1 fully saturated rings. The van der Waals surface area contributed by atoms with E-state index in [-0.39, 0.29) is 11.2 Å². The Bertz CT molecular complexity index is 513. The lowest BCUT2D eigenvalue weighted by Gasteiger charge is -2.16. The number of nitrogens with one attached hydrogen (secondary N) is 1. The highest BCUT2D eigenvalue weighted by molar-refractivity contribution is 7.99. The normalized spacial score (nSPS) is 16.6. The molecule has 2 amide bonds. The number of nitrogens with two attached hydrogens (primary N) is 1. The van der Waals surface area contributed by atoms with Gasteiger partial charge in [0, 0.05) is 17.4 Å². The Balaban J connectivity index is 1.82. The molecule has 0 spiro atoms. The van der Waals surface area contributed by atoms with Crippen molar-refractivity contribution in [2.45, 2.75) is 49.7 Å². The third-order valence-corrected chi connectivity index (χ3v) is 5.00. The number of hydrogen-bond donors (Lipinski definition) is 2. The molecule has 21 heavy (non-hydrogen) atoms. The van der Waals surface area contributed by atoms with E-state index in [4.69, 9.17) is 5.73 Å². The minimum atomic E-state index is -0.422. The molecule has 0 saturated heterocycles. The second kappa shape index (κ2) is 7.50. The Labute approximate surface area is 129 Å². The van der Waals surface area contributed by atoms with Gasteiger partial charge in [0.25, 0.3) is 0 Å². The van der Waals surface area contributed by atoms with Crippen molar-refractivity contribution in [3.8, 4) is 0 Å². The molecule has 1 aliphatic carbocycles. The average Bonchev–Trinajstić information content (AvgIpc) is 2.97. The van der Waals surface area contributed by atoms with Crippen LogP contribution in [0.5, 0.6) is 0 Å². The first-order chi connectivity index (χ1) is 10.1. The molecule has 5 heteroatoms. The van der Waals surface area contributed by atoms with Gasteiger partial charge in [-0.25, -0.2) is 0 Å². The van der Waals surface area contributed by atoms with Gasteiger partial charge in [-0.3, -0.25) is 9.59 Å². The molecule has 2 rings (SSSR count). The predicted molar refractivity (Wildman–Crippen MR) is 86.1 cm³/mol. The van der Waals surface area contributed by atoms with Crippen LogP contribution in [0.1, 0.15) is 48.5 Å². The number of rotatable bonds is 6. The Morgan fingerprint density at radius 1 is 1.38 bits per heavy atom. The predicted octanol–water partition coefficient (Wildman–Crippen LogP) is 2.47. The Hall–Kier alpha value is -1.49. The van der Waals surface area contributed by atoms with E-state index in [1.165, 1.54) is 12.8 Å². The zero-order valence-electron chi connectivity index (χ0n) is 12.3. The van der Waals surface area contributed by atoms with Gasteiger partial charge < -0.3 is 11.1 Å². The van der Waals surface area contributed by atoms with Crippen LogP contribution < -0.4 is 11.1 Å². The van der Waals surface area contributed by atoms with E-state index < -0.39 is 5.91 Å². The van der Waals surface area contributed by atoms with E-state index in [1.807, 2.05) is 19.1 Å². The molecule has 1 saturated carbocycles. The lowest BCUT2D eigenvalue weighted by molar-refractivity contribution is -0.120. The molecular weight excluding hydrogens is 284 g/mol. The van der Waals surface area contributed by atoms with Gasteiger partial charge in [-0.2, -0.15) is 0 Å². The van der Waals surface area contributed by atoms with Gasteiger partial charge in [-0.15, -0.1) is 11.8 Å². The maximum Gasteiger partial charge on any atom is 0.248 e. The third-order valence-electron chi connectivity index (χ3n) is 3.78. The lowest BCUT2D eigenvalue weighted by Crippen LogP contribution is -2.37. The largest absolute Gasteiger partial charge is 0.366 e. The molecule has 0 aliphatic heterocycles. The Kier molecular flexibility index (Phi) is 5.67. The highest BCUT2D eigenvalue weighted by Gasteiger charge is 2.20. The first-order valence-corrected chi connectivity index (χ1v) is 8.42. The summed E-state index contributed by atoms with van der Waals surface area (Å²) in [5, 5.41) is 3.02. The van der Waals surface area contributed by atoms with Gasteiger partial charge in [-0.1, -0.05) is 25.0 Å². The molecule has 0 radical (unpaired) electrons. The third kappa shape index (κ3) is 4.77. The summed E-state index contributed by atoms with van der Waals surface area (Å²) in [5.74, 6) is 0.382. The van der Waals surface area contributed by atoms with Crippen LogP contribution in [0.2, 0.25) is 0 Å². The number of primary amides is 1. The summed E-state index contributed by atoms with van der Waals surface area (Å²) < 4.78 is 0. The van der Waals surface area contributed by atoms with Crippen LogP contribution in [-0.2, 0) is 10.5 Å². The van der Waals surface area contributed by atoms with Crippen LogP contribution in [0.15, 0.2) is 24.3 Å². The Morgan fingerprint density at radius 2 is 2.10 bits per heavy atom. The first-order valence-electron chi connectivity index (χ1n) is 7.37. The van der Waals surface area contributed by atoms with Crippen LogP contribution in [-0.4, -0.2) is 23.1 Å². The minimum absolute atomic E-state index is 0.0946. The highest BCUT2D eigenvalue weighted by atomic mass is 32.2. The summed E-state index contributed by atoms with van der Waals surface area (Å²) in [6.07, 6.45) is 4.63. The molecule has 4 nitrogen and oxygen atoms in total. The number of thioether (sulfide) groups is 1. The van der Waals surface area contributed by atoms with Crippen molar-refractivity contribution >= 4 is 23.6 Å². The smallest absolute Gasteiger partial charge is 0.248 e.